The van der Waals surface area contributed by atoms with Crippen molar-refractivity contribution < 1.29 is 9.53 Å². The van der Waals surface area contributed by atoms with Crippen molar-refractivity contribution in [2.24, 2.45) is 16.8 Å². The van der Waals surface area contributed by atoms with E-state index in [9.17, 15) is 4.79 Å². The Bertz CT molecular complexity index is 536. The zero-order chi connectivity index (χ0) is 17.4. The molecule has 2 atom stereocenters. The maximum Gasteiger partial charge on any atom is 0.310 e. The van der Waals surface area contributed by atoms with E-state index in [0.29, 0.717) is 6.54 Å². The second-order valence-corrected chi connectivity index (χ2v) is 7.98. The first-order valence-corrected chi connectivity index (χ1v) is 10.2. The Hall–Kier alpha value is -1.28. The number of rotatable bonds is 7. The number of ether oxygens (including phenoxy) is 1. The van der Waals surface area contributed by atoms with E-state index in [4.69, 9.17) is 9.73 Å². The number of nitrogens with one attached hydrogen (secondary N) is 1. The predicted octanol–water partition coefficient (Wildman–Crippen LogP) is 2.33. The van der Waals surface area contributed by atoms with Crippen LogP contribution in [0.15, 0.2) is 20.9 Å². The number of carbonyl (C=O) groups is 1. The van der Waals surface area contributed by atoms with E-state index in [1.165, 1.54) is 7.11 Å². The second kappa shape index (κ2) is 9.88. The van der Waals surface area contributed by atoms with Crippen molar-refractivity contribution in [1.82, 2.24) is 15.2 Å². The Kier molecular flexibility index (Phi) is 7.84. The number of nitrogens with zero attached hydrogens (tertiary/aromatic N) is 3. The molecule has 0 radical (unpaired) electrons. The van der Waals surface area contributed by atoms with Gasteiger partial charge in [-0.15, -0.1) is 11.3 Å². The molecule has 0 amide bonds. The van der Waals surface area contributed by atoms with Crippen molar-refractivity contribution in [3.8, 4) is 0 Å². The fraction of sp³-hybridized carbons (Fsp3) is 0.688. The number of likely N-dealkylation sites (tertiary alicyclic amines) is 1. The van der Waals surface area contributed by atoms with Gasteiger partial charge >= 0.3 is 5.97 Å². The van der Waals surface area contributed by atoms with Crippen LogP contribution in [0.5, 0.6) is 0 Å². The van der Waals surface area contributed by atoms with Crippen molar-refractivity contribution in [3.05, 3.63) is 11.6 Å². The largest absolute Gasteiger partial charge is 0.469 e. The van der Waals surface area contributed by atoms with Crippen LogP contribution in [0.2, 0.25) is 0 Å². The number of thioether (sulfide) groups is 1. The van der Waals surface area contributed by atoms with Gasteiger partial charge in [-0.1, -0.05) is 18.7 Å². The van der Waals surface area contributed by atoms with E-state index >= 15 is 0 Å². The molecule has 1 aliphatic heterocycles. The number of aliphatic imine (C=N–C) groups is 1. The highest BCUT2D eigenvalue weighted by Crippen LogP contribution is 2.24. The maximum absolute atomic E-state index is 11.8. The molecule has 134 valence electrons. The zero-order valence-electron chi connectivity index (χ0n) is 14.5. The van der Waals surface area contributed by atoms with Crippen LogP contribution in [0, 0.1) is 11.8 Å². The van der Waals surface area contributed by atoms with Gasteiger partial charge in [0.1, 0.15) is 4.34 Å². The summed E-state index contributed by atoms with van der Waals surface area (Å²) in [5.74, 6) is 1.99. The third-order valence-electron chi connectivity index (χ3n) is 3.95. The highest BCUT2D eigenvalue weighted by Gasteiger charge is 2.36. The average molecular weight is 371 g/mol. The summed E-state index contributed by atoms with van der Waals surface area (Å²) in [6.07, 6.45) is 2.84. The van der Waals surface area contributed by atoms with Crippen molar-refractivity contribution in [2.75, 3.05) is 39.0 Å². The van der Waals surface area contributed by atoms with Gasteiger partial charge in [-0.25, -0.2) is 4.98 Å². The van der Waals surface area contributed by atoms with Crippen molar-refractivity contribution in [2.45, 2.75) is 24.6 Å². The van der Waals surface area contributed by atoms with Gasteiger partial charge in [-0.3, -0.25) is 9.79 Å². The highest BCUT2D eigenvalue weighted by atomic mass is 32.2. The first-order valence-electron chi connectivity index (χ1n) is 8.29. The summed E-state index contributed by atoms with van der Waals surface area (Å²) in [4.78, 5) is 23.0. The molecule has 2 rings (SSSR count). The molecule has 2 unspecified atom stereocenters. The fourth-order valence-electron chi connectivity index (χ4n) is 2.71. The summed E-state index contributed by atoms with van der Waals surface area (Å²) in [7, 11) is 1.46. The monoisotopic (exact) mass is 370 g/mol. The summed E-state index contributed by atoms with van der Waals surface area (Å²) in [6.45, 7) is 7.25. The first-order chi connectivity index (χ1) is 11.7. The summed E-state index contributed by atoms with van der Waals surface area (Å²) >= 11 is 3.45. The third-order valence-corrected chi connectivity index (χ3v) is 6.00. The summed E-state index contributed by atoms with van der Waals surface area (Å²) in [5.41, 5.74) is 0. The quantitative estimate of drug-likeness (QED) is 0.261. The number of esters is 1. The number of methoxy groups -OCH3 is 1. The number of hydrogen-bond acceptors (Lipinski definition) is 6. The van der Waals surface area contributed by atoms with Crippen LogP contribution in [0.1, 0.15) is 20.3 Å². The summed E-state index contributed by atoms with van der Waals surface area (Å²) < 4.78 is 6.02. The van der Waals surface area contributed by atoms with Crippen molar-refractivity contribution in [3.63, 3.8) is 0 Å². The minimum atomic E-state index is -0.124. The highest BCUT2D eigenvalue weighted by molar-refractivity contribution is 8.00. The molecule has 6 nitrogen and oxygen atoms in total. The number of thiazole rings is 1. The predicted molar refractivity (Wildman–Crippen MR) is 99.7 cm³/mol. The van der Waals surface area contributed by atoms with E-state index in [1.807, 2.05) is 11.6 Å². The van der Waals surface area contributed by atoms with Crippen molar-refractivity contribution >= 4 is 35.0 Å². The van der Waals surface area contributed by atoms with E-state index < -0.39 is 0 Å². The summed E-state index contributed by atoms with van der Waals surface area (Å²) in [5, 5.41) is 5.33. The molecule has 1 saturated heterocycles. The Labute approximate surface area is 152 Å². The van der Waals surface area contributed by atoms with Crippen LogP contribution in [-0.2, 0) is 9.53 Å². The number of guanidine groups is 1. The van der Waals surface area contributed by atoms with E-state index in [0.717, 1.165) is 42.1 Å². The Balaban J connectivity index is 1.83. The number of aromatic nitrogens is 1. The first kappa shape index (κ1) is 19.1. The van der Waals surface area contributed by atoms with Crippen LogP contribution < -0.4 is 5.32 Å². The lowest BCUT2D eigenvalue weighted by Crippen LogP contribution is -2.40. The Morgan fingerprint density at radius 1 is 1.58 bits per heavy atom. The van der Waals surface area contributed by atoms with Gasteiger partial charge < -0.3 is 15.0 Å². The van der Waals surface area contributed by atoms with Gasteiger partial charge in [0, 0.05) is 43.5 Å². The molecule has 8 heteroatoms. The smallest absolute Gasteiger partial charge is 0.310 e. The van der Waals surface area contributed by atoms with Crippen LogP contribution in [0.4, 0.5) is 0 Å². The topological polar surface area (TPSA) is 66.8 Å². The summed E-state index contributed by atoms with van der Waals surface area (Å²) in [6, 6.07) is 0. The molecular weight excluding hydrogens is 344 g/mol. The fourth-order valence-corrected chi connectivity index (χ4v) is 4.35. The molecule has 0 saturated carbocycles. The second-order valence-electron chi connectivity index (χ2n) is 5.75. The molecule has 0 aromatic carbocycles. The normalized spacial score (nSPS) is 21.1. The van der Waals surface area contributed by atoms with Crippen LogP contribution in [-0.4, -0.2) is 60.9 Å². The lowest BCUT2D eigenvalue weighted by Gasteiger charge is -2.21. The van der Waals surface area contributed by atoms with Crippen LogP contribution >= 0.6 is 23.1 Å². The van der Waals surface area contributed by atoms with Crippen LogP contribution in [0.3, 0.4) is 0 Å². The lowest BCUT2D eigenvalue weighted by atomic mass is 9.99. The number of hydrogen-bond donors (Lipinski definition) is 1. The maximum atomic E-state index is 11.8. The molecule has 2 heterocycles. The average Bonchev–Trinajstić information content (AvgIpc) is 3.22. The van der Waals surface area contributed by atoms with Gasteiger partial charge in [-0.2, -0.15) is 0 Å². The molecule has 0 aliphatic carbocycles. The van der Waals surface area contributed by atoms with Gasteiger partial charge in [0.25, 0.3) is 0 Å². The molecule has 24 heavy (non-hydrogen) atoms. The molecule has 1 aromatic rings. The Morgan fingerprint density at radius 3 is 3.08 bits per heavy atom. The zero-order valence-corrected chi connectivity index (χ0v) is 16.2. The van der Waals surface area contributed by atoms with Gasteiger partial charge in [-0.05, 0) is 19.3 Å². The minimum Gasteiger partial charge on any atom is -0.469 e. The Morgan fingerprint density at radius 2 is 2.42 bits per heavy atom. The van der Waals surface area contributed by atoms with E-state index in [-0.39, 0.29) is 17.8 Å². The van der Waals surface area contributed by atoms with Crippen LogP contribution in [0.25, 0.3) is 0 Å². The molecule has 0 bridgehead atoms. The molecular formula is C16H26N4O2S2. The minimum absolute atomic E-state index is 0.0701. The molecule has 1 fully saturated rings. The SMILES string of the molecule is CCNC(=NCCCSc1nccs1)N1CC(C)C(C(=O)OC)C1. The van der Waals surface area contributed by atoms with Gasteiger partial charge in [0.2, 0.25) is 0 Å². The van der Waals surface area contributed by atoms with E-state index in [1.54, 1.807) is 23.1 Å². The van der Waals surface area contributed by atoms with Crippen molar-refractivity contribution in [1.29, 1.82) is 0 Å². The standard InChI is InChI=1S/C16H26N4O2S2/c1-4-17-15(18-6-5-8-23-16-19-7-9-24-16)20-10-12(2)13(11-20)14(21)22-3/h7,9,12-13H,4-6,8,10-11H2,1-3H3,(H,17,18). The number of carbonyl (C=O) groups excluding carboxylic acids is 1. The van der Waals surface area contributed by atoms with Gasteiger partial charge in [0.15, 0.2) is 5.96 Å². The molecule has 1 aliphatic rings. The van der Waals surface area contributed by atoms with Gasteiger partial charge in [0.05, 0.1) is 13.0 Å². The molecule has 0 spiro atoms. The molecule has 1 N–H and O–H groups in total. The third kappa shape index (κ3) is 5.37. The lowest BCUT2D eigenvalue weighted by molar-refractivity contribution is -0.145. The van der Waals surface area contributed by atoms with E-state index in [2.05, 4.69) is 29.0 Å². The molecule has 1 aromatic heterocycles.